The quantitative estimate of drug-likeness (QED) is 0.504. The van der Waals surface area contributed by atoms with E-state index in [1.54, 1.807) is 0 Å². The lowest BCUT2D eigenvalue weighted by Gasteiger charge is -2.04. The lowest BCUT2D eigenvalue weighted by atomic mass is 10.0. The normalized spacial score (nSPS) is 10.9. The molecule has 0 bridgehead atoms. The monoisotopic (exact) mass is 285 g/mol. The van der Waals surface area contributed by atoms with Gasteiger partial charge < -0.3 is 0 Å². The van der Waals surface area contributed by atoms with Crippen molar-refractivity contribution < 1.29 is 4.57 Å². The number of hydrogen-bond acceptors (Lipinski definition) is 0. The van der Waals surface area contributed by atoms with E-state index in [0.29, 0.717) is 0 Å². The first kappa shape index (κ1) is 12.8. The van der Waals surface area contributed by atoms with Gasteiger partial charge in [0.2, 0.25) is 0 Å². The highest BCUT2D eigenvalue weighted by Crippen LogP contribution is 2.20. The maximum atomic E-state index is 2.27. The number of imidazole rings is 1. The summed E-state index contributed by atoms with van der Waals surface area (Å²) in [5.74, 6) is 0. The van der Waals surface area contributed by atoms with Gasteiger partial charge in [0, 0.05) is 6.07 Å². The number of fused-ring (bicyclic) bond motifs is 1. The van der Waals surface area contributed by atoms with Crippen molar-refractivity contribution in [1.82, 2.24) is 4.40 Å². The third kappa shape index (κ3) is 2.40. The lowest BCUT2D eigenvalue weighted by Crippen LogP contribution is -2.32. The van der Waals surface area contributed by atoms with Crippen LogP contribution in [0.4, 0.5) is 0 Å². The first-order chi connectivity index (χ1) is 10.9. The Morgan fingerprint density at radius 1 is 0.727 bits per heavy atom. The summed E-state index contributed by atoms with van der Waals surface area (Å²) in [6.07, 6.45) is 6.30. The van der Waals surface area contributed by atoms with Gasteiger partial charge >= 0.3 is 0 Å². The number of aromatic nitrogens is 2. The number of nitrogens with zero attached hydrogens (tertiary/aromatic N) is 2. The molecule has 22 heavy (non-hydrogen) atoms. The van der Waals surface area contributed by atoms with Crippen LogP contribution in [0.1, 0.15) is 5.56 Å². The van der Waals surface area contributed by atoms with E-state index in [1.807, 2.05) is 6.07 Å². The zero-order valence-corrected chi connectivity index (χ0v) is 12.3. The molecule has 0 amide bonds. The Labute approximate surface area is 129 Å². The molecule has 2 aromatic heterocycles. The minimum Gasteiger partial charge on any atom is -0.226 e. The minimum absolute atomic E-state index is 0.876. The van der Waals surface area contributed by atoms with Gasteiger partial charge in [0.15, 0.2) is 0 Å². The summed E-state index contributed by atoms with van der Waals surface area (Å²) in [5, 5.41) is 0. The zero-order valence-electron chi connectivity index (χ0n) is 12.3. The highest BCUT2D eigenvalue weighted by Gasteiger charge is 2.09. The fourth-order valence-electron chi connectivity index (χ4n) is 2.86. The Bertz CT molecular complexity index is 907. The van der Waals surface area contributed by atoms with Gasteiger partial charge in [-0.15, -0.1) is 0 Å². The van der Waals surface area contributed by atoms with Crippen molar-refractivity contribution in [3.05, 3.63) is 97.0 Å². The first-order valence-corrected chi connectivity index (χ1v) is 7.50. The molecule has 4 rings (SSSR count). The Kier molecular flexibility index (Phi) is 3.20. The van der Waals surface area contributed by atoms with Crippen LogP contribution < -0.4 is 4.57 Å². The predicted molar refractivity (Wildman–Crippen MR) is 88.6 cm³/mol. The summed E-state index contributed by atoms with van der Waals surface area (Å²) in [7, 11) is 0. The predicted octanol–water partition coefficient (Wildman–Crippen LogP) is 3.94. The van der Waals surface area contributed by atoms with Crippen LogP contribution in [0.15, 0.2) is 91.4 Å². The third-order valence-corrected chi connectivity index (χ3v) is 3.96. The van der Waals surface area contributed by atoms with Crippen molar-refractivity contribution in [2.24, 2.45) is 0 Å². The van der Waals surface area contributed by atoms with Gasteiger partial charge in [-0.2, -0.15) is 0 Å². The molecule has 2 heteroatoms. The summed E-state index contributed by atoms with van der Waals surface area (Å²) in [6.45, 7) is 0.876. The molecule has 2 heterocycles. The number of rotatable bonds is 3. The van der Waals surface area contributed by atoms with E-state index in [1.165, 1.54) is 22.3 Å². The van der Waals surface area contributed by atoms with Crippen LogP contribution in [0.25, 0.3) is 16.8 Å². The lowest BCUT2D eigenvalue weighted by molar-refractivity contribution is -0.661. The van der Waals surface area contributed by atoms with Crippen LogP contribution in [0.5, 0.6) is 0 Å². The van der Waals surface area contributed by atoms with E-state index in [0.717, 1.165) is 6.54 Å². The van der Waals surface area contributed by atoms with Crippen LogP contribution in [0.3, 0.4) is 0 Å². The molecule has 0 aliphatic rings. The number of hydrogen-bond donors (Lipinski definition) is 0. The second kappa shape index (κ2) is 5.49. The Morgan fingerprint density at radius 3 is 2.45 bits per heavy atom. The molecule has 2 aromatic carbocycles. The van der Waals surface area contributed by atoms with Crippen LogP contribution in [0.2, 0.25) is 0 Å². The SMILES string of the molecule is c1ccc(-c2cccc(C[n+]3ccn4ccccc43)c2)cc1. The average molecular weight is 285 g/mol. The Balaban J connectivity index is 1.69. The summed E-state index contributed by atoms with van der Waals surface area (Å²) >= 11 is 0. The summed E-state index contributed by atoms with van der Waals surface area (Å²) in [5.41, 5.74) is 5.04. The molecule has 0 radical (unpaired) electrons. The zero-order chi connectivity index (χ0) is 14.8. The Hall–Kier alpha value is -2.87. The topological polar surface area (TPSA) is 8.29 Å². The van der Waals surface area contributed by atoms with Crippen molar-refractivity contribution in [1.29, 1.82) is 0 Å². The Morgan fingerprint density at radius 2 is 1.55 bits per heavy atom. The van der Waals surface area contributed by atoms with E-state index in [-0.39, 0.29) is 0 Å². The van der Waals surface area contributed by atoms with Gasteiger partial charge in [0.05, 0.1) is 6.20 Å². The number of pyridine rings is 1. The smallest absolute Gasteiger partial charge is 0.226 e. The van der Waals surface area contributed by atoms with Gasteiger partial charge in [-0.25, -0.2) is 8.97 Å². The van der Waals surface area contributed by atoms with Crippen LogP contribution >= 0.6 is 0 Å². The molecule has 2 nitrogen and oxygen atoms in total. The first-order valence-electron chi connectivity index (χ1n) is 7.50. The van der Waals surface area contributed by atoms with Gasteiger partial charge in [-0.05, 0) is 28.8 Å². The van der Waals surface area contributed by atoms with Crippen molar-refractivity contribution in [2.45, 2.75) is 6.54 Å². The van der Waals surface area contributed by atoms with Crippen molar-refractivity contribution in [3.8, 4) is 11.1 Å². The van der Waals surface area contributed by atoms with Gasteiger partial charge in [0.1, 0.15) is 18.9 Å². The molecule has 0 saturated heterocycles. The fraction of sp³-hybridized carbons (Fsp3) is 0.0500. The fourth-order valence-corrected chi connectivity index (χ4v) is 2.86. The van der Waals surface area contributed by atoms with E-state index in [4.69, 9.17) is 0 Å². The average Bonchev–Trinajstić information content (AvgIpc) is 2.99. The maximum Gasteiger partial charge on any atom is 0.286 e. The molecule has 0 aliphatic carbocycles. The molecule has 106 valence electrons. The standard InChI is InChI=1S/C20H17N2/c1-2-8-18(9-3-1)19-10-6-7-17(15-19)16-22-14-13-21-12-5-4-11-20(21)22/h1-15H,16H2/q+1. The van der Waals surface area contributed by atoms with Crippen molar-refractivity contribution in [3.63, 3.8) is 0 Å². The summed E-state index contributed by atoms with van der Waals surface area (Å²) in [6, 6.07) is 25.5. The summed E-state index contributed by atoms with van der Waals surface area (Å²) < 4.78 is 4.41. The van der Waals surface area contributed by atoms with Crippen LogP contribution in [-0.2, 0) is 6.54 Å². The molecular formula is C20H17N2+. The van der Waals surface area contributed by atoms with E-state index in [2.05, 4.69) is 94.3 Å². The van der Waals surface area contributed by atoms with Crippen LogP contribution in [0, 0.1) is 0 Å². The molecule has 4 aromatic rings. The molecule has 0 N–H and O–H groups in total. The molecule has 0 atom stereocenters. The molecule has 0 aliphatic heterocycles. The van der Waals surface area contributed by atoms with E-state index >= 15 is 0 Å². The molecule has 0 fully saturated rings. The summed E-state index contributed by atoms with van der Waals surface area (Å²) in [4.78, 5) is 0. The molecular weight excluding hydrogens is 268 g/mol. The second-order valence-electron chi connectivity index (χ2n) is 5.46. The molecule has 0 unspecified atom stereocenters. The molecule has 0 saturated carbocycles. The molecule has 0 spiro atoms. The van der Waals surface area contributed by atoms with Crippen molar-refractivity contribution in [2.75, 3.05) is 0 Å². The maximum absolute atomic E-state index is 2.27. The minimum atomic E-state index is 0.876. The van der Waals surface area contributed by atoms with Gasteiger partial charge in [-0.3, -0.25) is 0 Å². The highest BCUT2D eigenvalue weighted by atomic mass is 15.1. The van der Waals surface area contributed by atoms with Crippen molar-refractivity contribution >= 4 is 5.65 Å². The van der Waals surface area contributed by atoms with E-state index in [9.17, 15) is 0 Å². The second-order valence-corrected chi connectivity index (χ2v) is 5.46. The van der Waals surface area contributed by atoms with Gasteiger partial charge in [0.25, 0.3) is 5.65 Å². The van der Waals surface area contributed by atoms with Crippen LogP contribution in [-0.4, -0.2) is 4.40 Å². The van der Waals surface area contributed by atoms with Gasteiger partial charge in [-0.1, -0.05) is 54.6 Å². The van der Waals surface area contributed by atoms with E-state index < -0.39 is 0 Å². The number of benzene rings is 2. The highest BCUT2D eigenvalue weighted by molar-refractivity contribution is 5.63. The third-order valence-electron chi connectivity index (χ3n) is 3.96. The largest absolute Gasteiger partial charge is 0.286 e.